The average molecular weight is 321 g/mol. The molecule has 0 aliphatic carbocycles. The van der Waals surface area contributed by atoms with Crippen LogP contribution in [0.3, 0.4) is 0 Å². The molecule has 0 aromatic heterocycles. The maximum absolute atomic E-state index is 9.39. The van der Waals surface area contributed by atoms with Gasteiger partial charge in [-0.25, -0.2) is 0 Å². The summed E-state index contributed by atoms with van der Waals surface area (Å²) in [5, 5.41) is 10.1. The summed E-state index contributed by atoms with van der Waals surface area (Å²) in [7, 11) is 0. The Hall–Kier alpha value is -0.290. The van der Waals surface area contributed by atoms with E-state index in [1.807, 2.05) is 12.1 Å². The summed E-state index contributed by atoms with van der Waals surface area (Å²) in [4.78, 5) is 2.20. The van der Waals surface area contributed by atoms with Crippen molar-refractivity contribution in [1.82, 2.24) is 4.90 Å². The van der Waals surface area contributed by atoms with Gasteiger partial charge < -0.3 is 9.84 Å². The van der Waals surface area contributed by atoms with Gasteiger partial charge in [0.05, 0.1) is 10.6 Å². The Bertz CT molecular complexity index is 389. The number of likely N-dealkylation sites (tertiary alicyclic amines) is 1. The molecule has 0 amide bonds. The predicted molar refractivity (Wildman–Crippen MR) is 71.7 cm³/mol. The molecule has 1 atom stereocenters. The molecule has 1 N–H and O–H groups in total. The molecule has 1 aliphatic heterocycles. The lowest BCUT2D eigenvalue weighted by Gasteiger charge is -2.15. The molecule has 3 nitrogen and oxygen atoms in total. The van der Waals surface area contributed by atoms with Crippen molar-refractivity contribution in [3.05, 3.63) is 27.7 Å². The molecule has 0 radical (unpaired) electrons. The Labute approximate surface area is 114 Å². The summed E-state index contributed by atoms with van der Waals surface area (Å²) >= 11 is 9.26. The minimum atomic E-state index is -0.169. The Morgan fingerprint density at radius 2 is 2.35 bits per heavy atom. The van der Waals surface area contributed by atoms with Crippen LogP contribution < -0.4 is 4.74 Å². The summed E-state index contributed by atoms with van der Waals surface area (Å²) in [5.74, 6) is 0.800. The highest BCUT2D eigenvalue weighted by Crippen LogP contribution is 2.27. The largest absolute Gasteiger partial charge is 0.491 e. The molecule has 0 bridgehead atoms. The molecule has 1 saturated heterocycles. The van der Waals surface area contributed by atoms with Crippen molar-refractivity contribution in [2.75, 3.05) is 26.2 Å². The van der Waals surface area contributed by atoms with Crippen LogP contribution >= 0.6 is 27.5 Å². The van der Waals surface area contributed by atoms with Crippen LogP contribution in [0.2, 0.25) is 5.02 Å². The zero-order chi connectivity index (χ0) is 12.3. The van der Waals surface area contributed by atoms with Gasteiger partial charge in [-0.05, 0) is 40.5 Å². The fourth-order valence-corrected chi connectivity index (χ4v) is 2.69. The third-order valence-electron chi connectivity index (χ3n) is 2.81. The van der Waals surface area contributed by atoms with Gasteiger partial charge in [0.1, 0.15) is 12.4 Å². The lowest BCUT2D eigenvalue weighted by Crippen LogP contribution is -2.27. The third kappa shape index (κ3) is 3.85. The van der Waals surface area contributed by atoms with Crippen molar-refractivity contribution in [1.29, 1.82) is 0 Å². The highest BCUT2D eigenvalue weighted by Gasteiger charge is 2.19. The van der Waals surface area contributed by atoms with Crippen LogP contribution in [0.25, 0.3) is 0 Å². The quantitative estimate of drug-likeness (QED) is 0.925. The molecule has 5 heteroatoms. The zero-order valence-corrected chi connectivity index (χ0v) is 11.7. The van der Waals surface area contributed by atoms with E-state index in [0.29, 0.717) is 11.6 Å². The third-order valence-corrected chi connectivity index (χ3v) is 3.66. The number of hydrogen-bond donors (Lipinski definition) is 1. The Kier molecular flexibility index (Phi) is 4.68. The first-order valence-electron chi connectivity index (χ1n) is 5.63. The maximum atomic E-state index is 9.39. The fourth-order valence-electron chi connectivity index (χ4n) is 1.89. The van der Waals surface area contributed by atoms with E-state index >= 15 is 0 Å². The number of aliphatic hydroxyl groups is 1. The van der Waals surface area contributed by atoms with Gasteiger partial charge in [-0.3, -0.25) is 4.90 Å². The summed E-state index contributed by atoms with van der Waals surface area (Å²) in [6.07, 6.45) is 0.697. The first-order valence-corrected chi connectivity index (χ1v) is 6.80. The summed E-state index contributed by atoms with van der Waals surface area (Å²) in [6, 6.07) is 5.48. The monoisotopic (exact) mass is 319 g/mol. The van der Waals surface area contributed by atoms with Crippen LogP contribution in [-0.2, 0) is 0 Å². The van der Waals surface area contributed by atoms with Gasteiger partial charge in [-0.1, -0.05) is 11.6 Å². The molecule has 1 aromatic rings. The molecular formula is C12H15BrClNO2. The number of benzene rings is 1. The smallest absolute Gasteiger partial charge is 0.133 e. The highest BCUT2D eigenvalue weighted by molar-refractivity contribution is 9.10. The topological polar surface area (TPSA) is 32.7 Å². The summed E-state index contributed by atoms with van der Waals surface area (Å²) in [5.41, 5.74) is 0. The lowest BCUT2D eigenvalue weighted by molar-refractivity contribution is 0.167. The van der Waals surface area contributed by atoms with Gasteiger partial charge in [-0.15, -0.1) is 0 Å². The Balaban J connectivity index is 1.78. The average Bonchev–Trinajstić information content (AvgIpc) is 2.68. The summed E-state index contributed by atoms with van der Waals surface area (Å²) in [6.45, 7) is 3.16. The van der Waals surface area contributed by atoms with Crippen LogP contribution in [0, 0.1) is 0 Å². The highest BCUT2D eigenvalue weighted by atomic mass is 79.9. The molecule has 0 spiro atoms. The van der Waals surface area contributed by atoms with Crippen molar-refractivity contribution in [2.24, 2.45) is 0 Å². The number of nitrogens with zero attached hydrogens (tertiary/aromatic N) is 1. The molecule has 1 unspecified atom stereocenters. The van der Waals surface area contributed by atoms with Crippen LogP contribution in [0.15, 0.2) is 22.7 Å². The number of aliphatic hydroxyl groups excluding tert-OH is 1. The second kappa shape index (κ2) is 6.05. The summed E-state index contributed by atoms with van der Waals surface area (Å²) < 4.78 is 6.53. The molecule has 17 heavy (non-hydrogen) atoms. The van der Waals surface area contributed by atoms with E-state index in [1.165, 1.54) is 0 Å². The van der Waals surface area contributed by atoms with Crippen molar-refractivity contribution in [2.45, 2.75) is 12.5 Å². The van der Waals surface area contributed by atoms with Gasteiger partial charge in [0.25, 0.3) is 0 Å². The molecule has 1 aliphatic rings. The van der Waals surface area contributed by atoms with E-state index in [1.54, 1.807) is 6.07 Å². The van der Waals surface area contributed by atoms with Crippen LogP contribution in [0.5, 0.6) is 5.75 Å². The normalized spacial score (nSPS) is 20.8. The number of halogens is 2. The van der Waals surface area contributed by atoms with Gasteiger partial charge in [-0.2, -0.15) is 0 Å². The SMILES string of the molecule is OC1CCN(CCOc2ccc(Cl)cc2Br)C1. The first-order chi connectivity index (χ1) is 8.15. The molecule has 1 fully saturated rings. The minimum Gasteiger partial charge on any atom is -0.491 e. The lowest BCUT2D eigenvalue weighted by atomic mass is 10.3. The number of rotatable bonds is 4. The van der Waals surface area contributed by atoms with Crippen molar-refractivity contribution in [3.63, 3.8) is 0 Å². The Morgan fingerprint density at radius 1 is 1.53 bits per heavy atom. The van der Waals surface area contributed by atoms with Crippen LogP contribution in [0.1, 0.15) is 6.42 Å². The minimum absolute atomic E-state index is 0.169. The molecule has 2 rings (SSSR count). The standard InChI is InChI=1S/C12H15BrClNO2/c13-11-7-9(14)1-2-12(11)17-6-5-15-4-3-10(16)8-15/h1-2,7,10,16H,3-6,8H2. The van der Waals surface area contributed by atoms with E-state index in [2.05, 4.69) is 20.8 Å². The van der Waals surface area contributed by atoms with Gasteiger partial charge in [0.15, 0.2) is 0 Å². The first kappa shape index (κ1) is 13.1. The fraction of sp³-hybridized carbons (Fsp3) is 0.500. The second-order valence-corrected chi connectivity index (χ2v) is 5.46. The van der Waals surface area contributed by atoms with Crippen molar-refractivity contribution in [3.8, 4) is 5.75 Å². The number of hydrogen-bond acceptors (Lipinski definition) is 3. The molecule has 0 saturated carbocycles. The van der Waals surface area contributed by atoms with Gasteiger partial charge in [0, 0.05) is 24.7 Å². The number of ether oxygens (including phenoxy) is 1. The van der Waals surface area contributed by atoms with E-state index in [9.17, 15) is 5.11 Å². The second-order valence-electron chi connectivity index (χ2n) is 4.17. The van der Waals surface area contributed by atoms with Crippen molar-refractivity contribution < 1.29 is 9.84 Å². The molecule has 1 aromatic carbocycles. The van der Waals surface area contributed by atoms with Crippen molar-refractivity contribution >= 4 is 27.5 Å². The predicted octanol–water partition coefficient (Wildman–Crippen LogP) is 2.55. The molecular weight excluding hydrogens is 305 g/mol. The molecule has 1 heterocycles. The van der Waals surface area contributed by atoms with E-state index in [-0.39, 0.29) is 6.10 Å². The van der Waals surface area contributed by atoms with Crippen LogP contribution in [-0.4, -0.2) is 42.4 Å². The Morgan fingerprint density at radius 3 is 3.00 bits per heavy atom. The maximum Gasteiger partial charge on any atom is 0.133 e. The van der Waals surface area contributed by atoms with E-state index in [4.69, 9.17) is 16.3 Å². The molecule has 94 valence electrons. The zero-order valence-electron chi connectivity index (χ0n) is 9.40. The van der Waals surface area contributed by atoms with Gasteiger partial charge in [0.2, 0.25) is 0 Å². The van der Waals surface area contributed by atoms with E-state index < -0.39 is 0 Å². The van der Waals surface area contributed by atoms with E-state index in [0.717, 1.165) is 36.3 Å². The number of β-amino-alcohol motifs (C(OH)–C–C–N with tert-alkyl or cyclic N) is 1. The van der Waals surface area contributed by atoms with Crippen LogP contribution in [0.4, 0.5) is 0 Å². The van der Waals surface area contributed by atoms with Gasteiger partial charge >= 0.3 is 0 Å².